The van der Waals surface area contributed by atoms with Crippen molar-refractivity contribution < 1.29 is 10.2 Å². The van der Waals surface area contributed by atoms with Gasteiger partial charge in [0.25, 0.3) is 0 Å². The standard InChI is InChI=1S/2C13H21NO/c1-4-5-10-14(11(2)3)12-8-6-7-9-13(12)15;1-3-5-11-14(10-4-2)12-8-6-7-9-13(12)15/h6-9,11,15H,4-5,10H2,1-3H3;6-9,15H,3-5,10-11H2,1-2H3. The lowest BCUT2D eigenvalue weighted by Crippen LogP contribution is -2.31. The molecule has 4 heteroatoms. The van der Waals surface area contributed by atoms with Crippen molar-refractivity contribution in [3.05, 3.63) is 48.5 Å². The zero-order valence-electron chi connectivity index (χ0n) is 19.6. The molecule has 0 radical (unpaired) electrons. The first-order valence-electron chi connectivity index (χ1n) is 11.5. The molecule has 2 rings (SSSR count). The number of anilines is 2. The summed E-state index contributed by atoms with van der Waals surface area (Å²) in [7, 11) is 0. The third-order valence-electron chi connectivity index (χ3n) is 5.06. The lowest BCUT2D eigenvalue weighted by atomic mass is 10.2. The number of phenolic OH excluding ortho intramolecular Hbond substituents is 2. The SMILES string of the molecule is CCCCN(CCC)c1ccccc1O.CCCCN(c1ccccc1O)C(C)C. The minimum Gasteiger partial charge on any atom is -0.506 e. The zero-order chi connectivity index (χ0) is 22.4. The molecule has 0 aliphatic heterocycles. The van der Waals surface area contributed by atoms with Crippen LogP contribution in [-0.4, -0.2) is 35.9 Å². The molecule has 2 aromatic carbocycles. The van der Waals surface area contributed by atoms with E-state index in [1.54, 1.807) is 12.1 Å². The van der Waals surface area contributed by atoms with Crippen molar-refractivity contribution in [1.29, 1.82) is 0 Å². The molecule has 0 fully saturated rings. The highest BCUT2D eigenvalue weighted by Gasteiger charge is 2.12. The molecule has 0 amide bonds. The van der Waals surface area contributed by atoms with Crippen molar-refractivity contribution in [2.24, 2.45) is 0 Å². The number of hydrogen-bond donors (Lipinski definition) is 2. The molecule has 0 saturated carbocycles. The van der Waals surface area contributed by atoms with E-state index < -0.39 is 0 Å². The number of phenols is 2. The quantitative estimate of drug-likeness (QED) is 0.424. The van der Waals surface area contributed by atoms with Crippen molar-refractivity contribution >= 4 is 11.4 Å². The molecule has 0 aromatic heterocycles. The van der Waals surface area contributed by atoms with E-state index in [9.17, 15) is 10.2 Å². The van der Waals surface area contributed by atoms with E-state index in [0.29, 0.717) is 17.5 Å². The van der Waals surface area contributed by atoms with Gasteiger partial charge in [-0.25, -0.2) is 0 Å². The molecule has 0 atom stereocenters. The summed E-state index contributed by atoms with van der Waals surface area (Å²) in [6.45, 7) is 13.9. The van der Waals surface area contributed by atoms with Crippen LogP contribution in [-0.2, 0) is 0 Å². The molecule has 168 valence electrons. The highest BCUT2D eigenvalue weighted by Crippen LogP contribution is 2.28. The third-order valence-corrected chi connectivity index (χ3v) is 5.06. The van der Waals surface area contributed by atoms with Gasteiger partial charge in [-0.1, -0.05) is 57.9 Å². The van der Waals surface area contributed by atoms with E-state index in [2.05, 4.69) is 44.4 Å². The summed E-state index contributed by atoms with van der Waals surface area (Å²) in [6, 6.07) is 15.6. The lowest BCUT2D eigenvalue weighted by Gasteiger charge is -2.29. The number of nitrogens with zero attached hydrogens (tertiary/aromatic N) is 2. The van der Waals surface area contributed by atoms with Crippen LogP contribution < -0.4 is 9.80 Å². The monoisotopic (exact) mass is 414 g/mol. The maximum atomic E-state index is 9.79. The summed E-state index contributed by atoms with van der Waals surface area (Å²) in [4.78, 5) is 4.51. The average molecular weight is 415 g/mol. The fraction of sp³-hybridized carbons (Fsp3) is 0.538. The Labute approximate surface area is 184 Å². The molecule has 0 saturated heterocycles. The summed E-state index contributed by atoms with van der Waals surface area (Å²) in [5.41, 5.74) is 1.91. The minimum absolute atomic E-state index is 0.377. The molecule has 2 aromatic rings. The van der Waals surface area contributed by atoms with Crippen molar-refractivity contribution in [2.45, 2.75) is 72.8 Å². The van der Waals surface area contributed by atoms with Crippen LogP contribution in [0.2, 0.25) is 0 Å². The lowest BCUT2D eigenvalue weighted by molar-refractivity contribution is 0.471. The molecule has 0 aliphatic rings. The van der Waals surface area contributed by atoms with Crippen LogP contribution in [0.1, 0.15) is 66.7 Å². The second-order valence-electron chi connectivity index (χ2n) is 7.96. The van der Waals surface area contributed by atoms with Gasteiger partial charge in [0, 0.05) is 25.7 Å². The van der Waals surface area contributed by atoms with E-state index in [1.165, 1.54) is 19.3 Å². The first kappa shape index (κ1) is 25.7. The summed E-state index contributed by atoms with van der Waals surface area (Å²) < 4.78 is 0. The Balaban J connectivity index is 0.000000300. The molecular formula is C26H42N2O2. The fourth-order valence-corrected chi connectivity index (χ4v) is 3.40. The van der Waals surface area contributed by atoms with Gasteiger partial charge in [-0.3, -0.25) is 0 Å². The number of unbranched alkanes of at least 4 members (excludes halogenated alkanes) is 2. The highest BCUT2D eigenvalue weighted by molar-refractivity contribution is 5.58. The maximum absolute atomic E-state index is 9.79. The zero-order valence-corrected chi connectivity index (χ0v) is 19.6. The summed E-state index contributed by atoms with van der Waals surface area (Å²) in [5.74, 6) is 0.768. The molecule has 4 nitrogen and oxygen atoms in total. The average Bonchev–Trinajstić information content (AvgIpc) is 2.73. The first-order chi connectivity index (χ1) is 14.5. The van der Waals surface area contributed by atoms with E-state index in [-0.39, 0.29) is 0 Å². The predicted octanol–water partition coefficient (Wildman–Crippen LogP) is 6.82. The molecule has 0 aliphatic carbocycles. The van der Waals surface area contributed by atoms with Crippen LogP contribution in [0.4, 0.5) is 11.4 Å². The van der Waals surface area contributed by atoms with Gasteiger partial charge in [0.1, 0.15) is 11.5 Å². The highest BCUT2D eigenvalue weighted by atomic mass is 16.3. The Morgan fingerprint density at radius 2 is 1.17 bits per heavy atom. The Kier molecular flexibility index (Phi) is 12.5. The van der Waals surface area contributed by atoms with Crippen molar-refractivity contribution in [1.82, 2.24) is 0 Å². The Bertz CT molecular complexity index is 703. The van der Waals surface area contributed by atoms with Crippen LogP contribution >= 0.6 is 0 Å². The largest absolute Gasteiger partial charge is 0.506 e. The number of rotatable bonds is 11. The normalized spacial score (nSPS) is 10.5. The maximum Gasteiger partial charge on any atom is 0.138 e. The van der Waals surface area contributed by atoms with Crippen LogP contribution in [0.25, 0.3) is 0 Å². The minimum atomic E-state index is 0.377. The fourth-order valence-electron chi connectivity index (χ4n) is 3.40. The van der Waals surface area contributed by atoms with Gasteiger partial charge in [0.2, 0.25) is 0 Å². The topological polar surface area (TPSA) is 46.9 Å². The van der Waals surface area contributed by atoms with Gasteiger partial charge < -0.3 is 20.0 Å². The molecular weight excluding hydrogens is 372 g/mol. The van der Waals surface area contributed by atoms with Crippen molar-refractivity contribution in [3.63, 3.8) is 0 Å². The smallest absolute Gasteiger partial charge is 0.138 e. The number of hydrogen-bond acceptors (Lipinski definition) is 4. The van der Waals surface area contributed by atoms with Crippen LogP contribution in [0.5, 0.6) is 11.5 Å². The van der Waals surface area contributed by atoms with E-state index in [1.807, 2.05) is 36.4 Å². The van der Waals surface area contributed by atoms with E-state index in [0.717, 1.165) is 43.9 Å². The molecule has 0 heterocycles. The third kappa shape index (κ3) is 8.56. The van der Waals surface area contributed by atoms with Crippen molar-refractivity contribution in [2.75, 3.05) is 29.4 Å². The van der Waals surface area contributed by atoms with Gasteiger partial charge in [0.05, 0.1) is 11.4 Å². The second-order valence-corrected chi connectivity index (χ2v) is 7.96. The van der Waals surface area contributed by atoms with Gasteiger partial charge >= 0.3 is 0 Å². The molecule has 2 N–H and O–H groups in total. The van der Waals surface area contributed by atoms with Gasteiger partial charge in [-0.2, -0.15) is 0 Å². The van der Waals surface area contributed by atoms with Crippen molar-refractivity contribution in [3.8, 4) is 11.5 Å². The van der Waals surface area contributed by atoms with Crippen LogP contribution in [0, 0.1) is 0 Å². The first-order valence-corrected chi connectivity index (χ1v) is 11.5. The Morgan fingerprint density at radius 1 is 0.667 bits per heavy atom. The molecule has 0 spiro atoms. The predicted molar refractivity (Wildman–Crippen MR) is 131 cm³/mol. The summed E-state index contributed by atoms with van der Waals surface area (Å²) in [6.07, 6.45) is 5.81. The van der Waals surface area contributed by atoms with E-state index in [4.69, 9.17) is 0 Å². The Morgan fingerprint density at radius 3 is 1.63 bits per heavy atom. The van der Waals surface area contributed by atoms with Crippen LogP contribution in [0.3, 0.4) is 0 Å². The second kappa shape index (κ2) is 14.6. The number of para-hydroxylation sites is 4. The number of benzene rings is 2. The Hall–Kier alpha value is -2.36. The van der Waals surface area contributed by atoms with E-state index >= 15 is 0 Å². The summed E-state index contributed by atoms with van der Waals surface area (Å²) >= 11 is 0. The molecule has 30 heavy (non-hydrogen) atoms. The summed E-state index contributed by atoms with van der Waals surface area (Å²) in [5, 5.41) is 19.6. The molecule has 0 bridgehead atoms. The van der Waals surface area contributed by atoms with Gasteiger partial charge in [-0.05, 0) is 57.4 Å². The number of aromatic hydroxyl groups is 2. The molecule has 0 unspecified atom stereocenters. The van der Waals surface area contributed by atoms with Crippen LogP contribution in [0.15, 0.2) is 48.5 Å². The van der Waals surface area contributed by atoms with Gasteiger partial charge in [-0.15, -0.1) is 0 Å². The van der Waals surface area contributed by atoms with Gasteiger partial charge in [0.15, 0.2) is 0 Å².